The summed E-state index contributed by atoms with van der Waals surface area (Å²) in [5.74, 6) is 0.674. The summed E-state index contributed by atoms with van der Waals surface area (Å²) in [6.07, 6.45) is 1.41. The number of carbonyl (C=O) groups excluding carboxylic acids is 3. The Morgan fingerprint density at radius 3 is 2.37 bits per heavy atom. The van der Waals surface area contributed by atoms with E-state index in [1.807, 2.05) is 0 Å². The van der Waals surface area contributed by atoms with Crippen molar-refractivity contribution in [1.29, 1.82) is 0 Å². The maximum absolute atomic E-state index is 12.9. The maximum Gasteiger partial charge on any atom is 0.256 e. The molecule has 156 valence electrons. The normalized spacial score (nSPS) is 18.9. The van der Waals surface area contributed by atoms with Crippen molar-refractivity contribution in [2.75, 3.05) is 35.9 Å². The molecule has 2 aliphatic rings. The highest BCUT2D eigenvalue weighted by Crippen LogP contribution is 2.35. The van der Waals surface area contributed by atoms with Crippen molar-refractivity contribution in [2.45, 2.75) is 25.3 Å². The van der Waals surface area contributed by atoms with Crippen molar-refractivity contribution in [3.63, 3.8) is 0 Å². The van der Waals surface area contributed by atoms with Crippen LogP contribution in [0.4, 0.5) is 17.1 Å². The van der Waals surface area contributed by atoms with Crippen molar-refractivity contribution in [3.8, 4) is 11.5 Å². The fraction of sp³-hybridized carbons (Fsp3) is 0.318. The van der Waals surface area contributed by atoms with Crippen LogP contribution >= 0.6 is 0 Å². The summed E-state index contributed by atoms with van der Waals surface area (Å²) in [6, 6.07) is 11.4. The van der Waals surface area contributed by atoms with E-state index in [-0.39, 0.29) is 24.1 Å². The van der Waals surface area contributed by atoms with Crippen molar-refractivity contribution < 1.29 is 23.9 Å². The van der Waals surface area contributed by atoms with Gasteiger partial charge in [-0.25, -0.2) is 4.90 Å². The van der Waals surface area contributed by atoms with Gasteiger partial charge in [-0.15, -0.1) is 0 Å². The lowest BCUT2D eigenvalue weighted by Gasteiger charge is -2.21. The van der Waals surface area contributed by atoms with E-state index in [4.69, 9.17) is 9.47 Å². The van der Waals surface area contributed by atoms with Gasteiger partial charge in [0.2, 0.25) is 11.8 Å². The number of rotatable bonds is 6. The van der Waals surface area contributed by atoms with Gasteiger partial charge in [-0.2, -0.15) is 0 Å². The fourth-order valence-electron chi connectivity index (χ4n) is 3.84. The standard InChI is InChI=1S/C22H23N3O5/c1-29-16-8-6-15(7-9-16)25-21(27)13-17(22(25)28)23-14-5-10-18(19(12-14)30-2)24-11-3-4-20(24)26/h5-10,12,17,23H,3-4,11,13H2,1-2H3/t17-/m1/s1. The molecule has 30 heavy (non-hydrogen) atoms. The highest BCUT2D eigenvalue weighted by molar-refractivity contribution is 6.23. The van der Waals surface area contributed by atoms with Crippen molar-refractivity contribution in [2.24, 2.45) is 0 Å². The SMILES string of the molecule is COc1ccc(N2C(=O)C[C@@H](Nc3ccc(N4CCCC4=O)c(OC)c3)C2=O)cc1. The van der Waals surface area contributed by atoms with Crippen LogP contribution in [0.25, 0.3) is 0 Å². The third-order valence-corrected chi connectivity index (χ3v) is 5.36. The Morgan fingerprint density at radius 1 is 0.967 bits per heavy atom. The number of anilines is 3. The second-order valence-electron chi connectivity index (χ2n) is 7.20. The molecule has 8 nitrogen and oxygen atoms in total. The average Bonchev–Trinajstić information content (AvgIpc) is 3.30. The van der Waals surface area contributed by atoms with Crippen LogP contribution in [0, 0.1) is 0 Å². The second-order valence-corrected chi connectivity index (χ2v) is 7.20. The minimum absolute atomic E-state index is 0.0551. The van der Waals surface area contributed by atoms with Crippen LogP contribution in [0.5, 0.6) is 11.5 Å². The molecule has 2 aromatic rings. The topological polar surface area (TPSA) is 88.2 Å². The molecule has 0 spiro atoms. The lowest BCUT2D eigenvalue weighted by atomic mass is 10.2. The predicted molar refractivity (Wildman–Crippen MR) is 112 cm³/mol. The van der Waals surface area contributed by atoms with Gasteiger partial charge in [-0.3, -0.25) is 14.4 Å². The van der Waals surface area contributed by atoms with E-state index in [1.165, 1.54) is 4.90 Å². The fourth-order valence-corrected chi connectivity index (χ4v) is 3.84. The lowest BCUT2D eigenvalue weighted by Crippen LogP contribution is -2.34. The number of benzene rings is 2. The molecule has 2 saturated heterocycles. The van der Waals surface area contributed by atoms with Gasteiger partial charge >= 0.3 is 0 Å². The van der Waals surface area contributed by atoms with Crippen LogP contribution in [-0.4, -0.2) is 44.5 Å². The smallest absolute Gasteiger partial charge is 0.256 e. The van der Waals surface area contributed by atoms with Gasteiger partial charge in [0.1, 0.15) is 17.5 Å². The van der Waals surface area contributed by atoms with E-state index in [0.717, 1.165) is 6.42 Å². The molecule has 3 amide bonds. The van der Waals surface area contributed by atoms with Gasteiger partial charge in [0.15, 0.2) is 0 Å². The Hall–Kier alpha value is -3.55. The summed E-state index contributed by atoms with van der Waals surface area (Å²) in [4.78, 5) is 40.3. The molecule has 8 heteroatoms. The molecule has 2 heterocycles. The number of nitrogens with zero attached hydrogens (tertiary/aromatic N) is 2. The number of amides is 3. The molecule has 0 bridgehead atoms. The molecule has 2 fully saturated rings. The highest BCUT2D eigenvalue weighted by Gasteiger charge is 2.39. The average molecular weight is 409 g/mol. The number of carbonyl (C=O) groups is 3. The van der Waals surface area contributed by atoms with Crippen LogP contribution in [-0.2, 0) is 14.4 Å². The molecular weight excluding hydrogens is 386 g/mol. The third-order valence-electron chi connectivity index (χ3n) is 5.36. The monoisotopic (exact) mass is 409 g/mol. The van der Waals surface area contributed by atoms with E-state index in [1.54, 1.807) is 61.6 Å². The number of ether oxygens (including phenoxy) is 2. The summed E-state index contributed by atoms with van der Waals surface area (Å²) in [5.41, 5.74) is 1.86. The Balaban J connectivity index is 1.52. The van der Waals surface area contributed by atoms with E-state index in [0.29, 0.717) is 41.5 Å². The van der Waals surface area contributed by atoms with Gasteiger partial charge < -0.3 is 19.7 Å². The van der Waals surface area contributed by atoms with Gasteiger partial charge in [0.05, 0.1) is 32.0 Å². The van der Waals surface area contributed by atoms with Crippen molar-refractivity contribution in [3.05, 3.63) is 42.5 Å². The largest absolute Gasteiger partial charge is 0.497 e. The molecule has 0 unspecified atom stereocenters. The summed E-state index contributed by atoms with van der Waals surface area (Å²) in [6.45, 7) is 0.661. The second kappa shape index (κ2) is 8.06. The van der Waals surface area contributed by atoms with Crippen LogP contribution in [0.15, 0.2) is 42.5 Å². The van der Waals surface area contributed by atoms with Crippen LogP contribution < -0.4 is 24.6 Å². The number of methoxy groups -OCH3 is 2. The minimum atomic E-state index is -0.677. The third kappa shape index (κ3) is 3.56. The van der Waals surface area contributed by atoms with E-state index >= 15 is 0 Å². The maximum atomic E-state index is 12.9. The van der Waals surface area contributed by atoms with E-state index in [2.05, 4.69) is 5.32 Å². The summed E-state index contributed by atoms with van der Waals surface area (Å²) < 4.78 is 10.6. The molecule has 4 rings (SSSR count). The molecule has 0 saturated carbocycles. The molecule has 2 aliphatic heterocycles. The number of hydrogen-bond acceptors (Lipinski definition) is 6. The Bertz CT molecular complexity index is 989. The molecule has 1 N–H and O–H groups in total. The summed E-state index contributed by atoms with van der Waals surface area (Å²) >= 11 is 0. The van der Waals surface area contributed by atoms with Gasteiger partial charge in [0, 0.05) is 24.7 Å². The van der Waals surface area contributed by atoms with E-state index < -0.39 is 6.04 Å². The van der Waals surface area contributed by atoms with Crippen molar-refractivity contribution >= 4 is 34.8 Å². The molecule has 0 radical (unpaired) electrons. The lowest BCUT2D eigenvalue weighted by molar-refractivity contribution is -0.121. The first-order valence-corrected chi connectivity index (χ1v) is 9.77. The minimum Gasteiger partial charge on any atom is -0.497 e. The number of nitrogens with one attached hydrogen (secondary N) is 1. The van der Waals surface area contributed by atoms with E-state index in [9.17, 15) is 14.4 Å². The van der Waals surface area contributed by atoms with Crippen LogP contribution in [0.2, 0.25) is 0 Å². The van der Waals surface area contributed by atoms with Crippen LogP contribution in [0.1, 0.15) is 19.3 Å². The van der Waals surface area contributed by atoms with Gasteiger partial charge in [-0.05, 0) is 42.8 Å². The molecule has 2 aromatic carbocycles. The first-order chi connectivity index (χ1) is 14.5. The molecular formula is C22H23N3O5. The van der Waals surface area contributed by atoms with Crippen molar-refractivity contribution in [1.82, 2.24) is 0 Å². The zero-order chi connectivity index (χ0) is 21.3. The Labute approximate surface area is 174 Å². The summed E-state index contributed by atoms with van der Waals surface area (Å²) in [7, 11) is 3.10. The summed E-state index contributed by atoms with van der Waals surface area (Å²) in [5, 5.41) is 3.13. The van der Waals surface area contributed by atoms with Gasteiger partial charge in [-0.1, -0.05) is 0 Å². The molecule has 0 aliphatic carbocycles. The number of imide groups is 1. The van der Waals surface area contributed by atoms with Crippen LogP contribution in [0.3, 0.4) is 0 Å². The highest BCUT2D eigenvalue weighted by atomic mass is 16.5. The first-order valence-electron chi connectivity index (χ1n) is 9.77. The quantitative estimate of drug-likeness (QED) is 0.738. The molecule has 1 atom stereocenters. The zero-order valence-electron chi connectivity index (χ0n) is 16.9. The first kappa shape index (κ1) is 19.8. The van der Waals surface area contributed by atoms with Gasteiger partial charge in [0.25, 0.3) is 5.91 Å². The Kier molecular flexibility index (Phi) is 5.31. The molecule has 0 aromatic heterocycles. The zero-order valence-corrected chi connectivity index (χ0v) is 16.9. The number of hydrogen-bond donors (Lipinski definition) is 1. The predicted octanol–water partition coefficient (Wildman–Crippen LogP) is 2.57. The Morgan fingerprint density at radius 2 is 1.73 bits per heavy atom.